The number of nitrogens with one attached hydrogen (secondary N) is 1. The van der Waals surface area contributed by atoms with Crippen LogP contribution in [0.1, 0.15) is 43.3 Å². The summed E-state index contributed by atoms with van der Waals surface area (Å²) in [6, 6.07) is 0. The predicted octanol–water partition coefficient (Wildman–Crippen LogP) is 1.26. The Kier molecular flexibility index (Phi) is 2.61. The molecule has 0 spiro atoms. The van der Waals surface area contributed by atoms with Crippen molar-refractivity contribution in [3.63, 3.8) is 0 Å². The highest BCUT2D eigenvalue weighted by Gasteiger charge is 2.42. The van der Waals surface area contributed by atoms with Crippen molar-refractivity contribution in [2.75, 3.05) is 7.05 Å². The van der Waals surface area contributed by atoms with Gasteiger partial charge in [0.05, 0.1) is 6.42 Å². The molecule has 1 heterocycles. The molecule has 2 aliphatic carbocycles. The summed E-state index contributed by atoms with van der Waals surface area (Å²) in [5, 5.41) is 6.44. The Balaban J connectivity index is 1.70. The van der Waals surface area contributed by atoms with E-state index in [9.17, 15) is 4.79 Å². The lowest BCUT2D eigenvalue weighted by atomic mass is 9.89. The van der Waals surface area contributed by atoms with E-state index in [1.807, 2.05) is 0 Å². The van der Waals surface area contributed by atoms with Crippen LogP contribution in [-0.2, 0) is 11.2 Å². The van der Waals surface area contributed by atoms with Gasteiger partial charge in [0.25, 0.3) is 0 Å². The lowest BCUT2D eigenvalue weighted by Crippen LogP contribution is -2.20. The zero-order valence-corrected chi connectivity index (χ0v) is 9.98. The van der Waals surface area contributed by atoms with E-state index >= 15 is 0 Å². The SMILES string of the molecule is CNC(=O)Cc1noc(C2CC3CCC2C3)n1. The maximum absolute atomic E-state index is 11.2. The summed E-state index contributed by atoms with van der Waals surface area (Å²) >= 11 is 0. The number of nitrogens with zero attached hydrogens (tertiary/aromatic N) is 2. The molecule has 3 atom stereocenters. The molecular weight excluding hydrogens is 218 g/mol. The molecule has 1 aromatic rings. The third-order valence-electron chi connectivity index (χ3n) is 4.14. The third kappa shape index (κ3) is 1.94. The maximum atomic E-state index is 11.2. The second kappa shape index (κ2) is 4.13. The average Bonchev–Trinajstić information content (AvgIpc) is 3.03. The minimum Gasteiger partial charge on any atom is -0.359 e. The van der Waals surface area contributed by atoms with Crippen molar-refractivity contribution >= 4 is 5.91 Å². The van der Waals surface area contributed by atoms with Crippen LogP contribution in [-0.4, -0.2) is 23.1 Å². The van der Waals surface area contributed by atoms with Crippen LogP contribution < -0.4 is 5.32 Å². The monoisotopic (exact) mass is 235 g/mol. The standard InChI is InChI=1S/C12H17N3O2/c1-13-11(16)6-10-14-12(17-15-10)9-5-7-2-3-8(9)4-7/h7-9H,2-6H2,1H3,(H,13,16). The molecule has 2 bridgehead atoms. The number of amides is 1. The number of likely N-dealkylation sites (N-methyl/N-ethyl adjacent to an activating group) is 1. The molecule has 2 fully saturated rings. The molecule has 1 aromatic heterocycles. The first-order valence-electron chi connectivity index (χ1n) is 6.29. The molecule has 17 heavy (non-hydrogen) atoms. The van der Waals surface area contributed by atoms with Crippen LogP contribution in [0.15, 0.2) is 4.52 Å². The minimum absolute atomic E-state index is 0.0784. The zero-order chi connectivity index (χ0) is 11.8. The summed E-state index contributed by atoms with van der Waals surface area (Å²) in [6.07, 6.45) is 5.37. The molecule has 0 radical (unpaired) electrons. The van der Waals surface area contributed by atoms with Crippen molar-refractivity contribution in [3.8, 4) is 0 Å². The quantitative estimate of drug-likeness (QED) is 0.856. The van der Waals surface area contributed by atoms with Gasteiger partial charge in [-0.25, -0.2) is 0 Å². The Morgan fingerprint density at radius 1 is 1.47 bits per heavy atom. The van der Waals surface area contributed by atoms with Gasteiger partial charge in [0.15, 0.2) is 5.82 Å². The van der Waals surface area contributed by atoms with Crippen LogP contribution in [0.5, 0.6) is 0 Å². The van der Waals surface area contributed by atoms with E-state index in [1.54, 1.807) is 7.05 Å². The van der Waals surface area contributed by atoms with Gasteiger partial charge in [-0.05, 0) is 31.1 Å². The van der Waals surface area contributed by atoms with Crippen molar-refractivity contribution in [3.05, 3.63) is 11.7 Å². The van der Waals surface area contributed by atoms with Crippen LogP contribution in [0, 0.1) is 11.8 Å². The van der Waals surface area contributed by atoms with E-state index in [4.69, 9.17) is 4.52 Å². The summed E-state index contributed by atoms with van der Waals surface area (Å²) < 4.78 is 5.31. The lowest BCUT2D eigenvalue weighted by molar-refractivity contribution is -0.120. The molecule has 3 rings (SSSR count). The van der Waals surface area contributed by atoms with Gasteiger partial charge in [-0.15, -0.1) is 0 Å². The summed E-state index contributed by atoms with van der Waals surface area (Å²) in [4.78, 5) is 15.6. The van der Waals surface area contributed by atoms with Gasteiger partial charge in [0, 0.05) is 13.0 Å². The summed E-state index contributed by atoms with van der Waals surface area (Å²) in [7, 11) is 1.61. The van der Waals surface area contributed by atoms with Crippen molar-refractivity contribution in [2.45, 2.75) is 38.0 Å². The fourth-order valence-corrected chi connectivity index (χ4v) is 3.27. The first-order valence-corrected chi connectivity index (χ1v) is 6.29. The van der Waals surface area contributed by atoms with Crippen molar-refractivity contribution in [1.82, 2.24) is 15.5 Å². The van der Waals surface area contributed by atoms with E-state index in [1.165, 1.54) is 25.7 Å². The highest BCUT2D eigenvalue weighted by molar-refractivity contribution is 5.77. The maximum Gasteiger partial charge on any atom is 0.230 e. The zero-order valence-electron chi connectivity index (χ0n) is 9.98. The van der Waals surface area contributed by atoms with Crippen molar-refractivity contribution < 1.29 is 9.32 Å². The third-order valence-corrected chi connectivity index (χ3v) is 4.14. The summed E-state index contributed by atoms with van der Waals surface area (Å²) in [5.41, 5.74) is 0. The molecule has 5 nitrogen and oxygen atoms in total. The minimum atomic E-state index is -0.0784. The molecule has 0 aliphatic heterocycles. The molecule has 1 N–H and O–H groups in total. The molecule has 2 aliphatic rings. The van der Waals surface area contributed by atoms with E-state index < -0.39 is 0 Å². The topological polar surface area (TPSA) is 68.0 Å². The second-order valence-corrected chi connectivity index (χ2v) is 5.18. The Morgan fingerprint density at radius 2 is 2.35 bits per heavy atom. The van der Waals surface area contributed by atoms with Crippen LogP contribution >= 0.6 is 0 Å². The highest BCUT2D eigenvalue weighted by atomic mass is 16.5. The smallest absolute Gasteiger partial charge is 0.230 e. The highest BCUT2D eigenvalue weighted by Crippen LogP contribution is 2.52. The van der Waals surface area contributed by atoms with Gasteiger partial charge in [-0.2, -0.15) is 4.98 Å². The Labute approximate surface area is 100.0 Å². The first-order chi connectivity index (χ1) is 8.26. The van der Waals surface area contributed by atoms with Gasteiger partial charge >= 0.3 is 0 Å². The Bertz CT molecular complexity index is 429. The van der Waals surface area contributed by atoms with E-state index in [0.717, 1.165) is 17.7 Å². The fourth-order valence-electron chi connectivity index (χ4n) is 3.27. The van der Waals surface area contributed by atoms with Gasteiger partial charge in [-0.1, -0.05) is 11.6 Å². The van der Waals surface area contributed by atoms with E-state index in [2.05, 4.69) is 15.5 Å². The molecule has 1 amide bonds. The number of fused-ring (bicyclic) bond motifs is 2. The summed E-state index contributed by atoms with van der Waals surface area (Å²) in [5.74, 6) is 3.20. The molecule has 5 heteroatoms. The second-order valence-electron chi connectivity index (χ2n) is 5.18. The van der Waals surface area contributed by atoms with Gasteiger partial charge in [0.2, 0.25) is 11.8 Å². The average molecular weight is 235 g/mol. The van der Waals surface area contributed by atoms with Gasteiger partial charge in [-0.3, -0.25) is 4.79 Å². The van der Waals surface area contributed by atoms with Crippen LogP contribution in [0.25, 0.3) is 0 Å². The van der Waals surface area contributed by atoms with Crippen molar-refractivity contribution in [1.29, 1.82) is 0 Å². The van der Waals surface area contributed by atoms with Crippen LogP contribution in [0.3, 0.4) is 0 Å². The fraction of sp³-hybridized carbons (Fsp3) is 0.750. The number of hydrogen-bond acceptors (Lipinski definition) is 4. The van der Waals surface area contributed by atoms with Crippen LogP contribution in [0.2, 0.25) is 0 Å². The normalized spacial score (nSPS) is 30.8. The predicted molar refractivity (Wildman–Crippen MR) is 60.3 cm³/mol. The molecule has 92 valence electrons. The number of carbonyl (C=O) groups excluding carboxylic acids is 1. The van der Waals surface area contributed by atoms with Gasteiger partial charge in [0.1, 0.15) is 0 Å². The van der Waals surface area contributed by atoms with Crippen molar-refractivity contribution in [2.24, 2.45) is 11.8 Å². The lowest BCUT2D eigenvalue weighted by Gasteiger charge is -2.16. The van der Waals surface area contributed by atoms with Gasteiger partial charge < -0.3 is 9.84 Å². The number of carbonyl (C=O) groups is 1. The van der Waals surface area contributed by atoms with E-state index in [0.29, 0.717) is 11.7 Å². The Morgan fingerprint density at radius 3 is 3.00 bits per heavy atom. The molecule has 2 saturated carbocycles. The van der Waals surface area contributed by atoms with Crippen LogP contribution in [0.4, 0.5) is 0 Å². The summed E-state index contributed by atoms with van der Waals surface area (Å²) in [6.45, 7) is 0. The van der Waals surface area contributed by atoms with E-state index in [-0.39, 0.29) is 12.3 Å². The molecule has 3 unspecified atom stereocenters. The molecular formula is C12H17N3O2. The number of aromatic nitrogens is 2. The molecule has 0 saturated heterocycles. The largest absolute Gasteiger partial charge is 0.359 e. The molecule has 0 aromatic carbocycles. The first kappa shape index (κ1) is 10.7. The number of hydrogen-bond donors (Lipinski definition) is 1. The Hall–Kier alpha value is -1.39. The number of rotatable bonds is 3.